The molecule has 9 heteroatoms. The lowest BCUT2D eigenvalue weighted by Gasteiger charge is -2.56. The van der Waals surface area contributed by atoms with Crippen LogP contribution in [0, 0.1) is 5.92 Å². The summed E-state index contributed by atoms with van der Waals surface area (Å²) in [6, 6.07) is 11.8. The fourth-order valence-electron chi connectivity index (χ4n) is 6.10. The molecular weight excluding hydrogens is 461 g/mol. The van der Waals surface area contributed by atoms with Gasteiger partial charge in [0.1, 0.15) is 5.75 Å². The normalized spacial score (nSPS) is 24.7. The van der Waals surface area contributed by atoms with Gasteiger partial charge in [0.05, 0.1) is 24.0 Å². The molecule has 188 valence electrons. The number of phenols is 1. The fourth-order valence-corrected chi connectivity index (χ4v) is 6.10. The lowest BCUT2D eigenvalue weighted by molar-refractivity contribution is -0.156. The maximum atomic E-state index is 12.1. The Balaban J connectivity index is 0.000000431. The Hall–Kier alpha value is -3.07. The molecule has 2 aliphatic carbocycles. The molecule has 0 aromatic heterocycles. The van der Waals surface area contributed by atoms with E-state index in [1.54, 1.807) is 12.1 Å². The number of fused-ring (bicyclic) bond motifs is 1. The zero-order valence-electron chi connectivity index (χ0n) is 19.5. The first-order chi connectivity index (χ1) is 16.7. The van der Waals surface area contributed by atoms with Crippen molar-refractivity contribution in [3.05, 3.63) is 53.1 Å². The van der Waals surface area contributed by atoms with Crippen molar-refractivity contribution in [2.24, 2.45) is 5.92 Å². The number of carbonyl (C=O) groups excluding carboxylic acids is 2. The van der Waals surface area contributed by atoms with E-state index in [1.165, 1.54) is 43.9 Å². The number of ether oxygens (including phenoxy) is 1. The number of phenolic OH excluding ortho intramolecular Hbond substituents is 1. The minimum absolute atomic E-state index is 0.210. The van der Waals surface area contributed by atoms with Crippen LogP contribution < -0.4 is 10.6 Å². The molecule has 0 spiro atoms. The van der Waals surface area contributed by atoms with Crippen LogP contribution in [0.3, 0.4) is 0 Å². The van der Waals surface area contributed by atoms with E-state index in [0.717, 1.165) is 19.4 Å². The van der Waals surface area contributed by atoms with Gasteiger partial charge in [0, 0.05) is 11.5 Å². The van der Waals surface area contributed by atoms with Gasteiger partial charge in [0.25, 0.3) is 0 Å². The lowest BCUT2D eigenvalue weighted by atomic mass is 9.53. The number of aromatic hydroxyl groups is 1. The van der Waals surface area contributed by atoms with Crippen molar-refractivity contribution in [3.63, 3.8) is 0 Å². The van der Waals surface area contributed by atoms with Gasteiger partial charge in [-0.15, -0.1) is 0 Å². The summed E-state index contributed by atoms with van der Waals surface area (Å²) in [5.41, 5.74) is 4.61. The van der Waals surface area contributed by atoms with Gasteiger partial charge in [-0.25, -0.2) is 4.79 Å². The summed E-state index contributed by atoms with van der Waals surface area (Å²) in [7, 11) is 1.38. The van der Waals surface area contributed by atoms with Crippen molar-refractivity contribution in [2.75, 3.05) is 19.0 Å². The van der Waals surface area contributed by atoms with Gasteiger partial charge in [0.2, 0.25) is 6.29 Å². The summed E-state index contributed by atoms with van der Waals surface area (Å²) in [4.78, 5) is 20.8. The topological polar surface area (TPSA) is 87.7 Å². The van der Waals surface area contributed by atoms with E-state index in [1.807, 2.05) is 18.2 Å². The lowest BCUT2D eigenvalue weighted by Crippen LogP contribution is -2.59. The highest BCUT2D eigenvalue weighted by Crippen LogP contribution is 2.55. The number of carbonyl (C=O) groups is 2. The SMILES string of the molecule is COC(=O)c1ccccc1Nc1cc2c(cc1O)[C@]13CCCC[C@@H]1[C@H](C2)NCC3.O=CC(F)(F)F. The highest BCUT2D eigenvalue weighted by Gasteiger charge is 2.51. The van der Waals surface area contributed by atoms with Crippen LogP contribution in [0.5, 0.6) is 5.75 Å². The number of para-hydroxylation sites is 1. The van der Waals surface area contributed by atoms with Crippen LogP contribution in [0.15, 0.2) is 36.4 Å². The predicted octanol–water partition coefficient (Wildman–Crippen LogP) is 5.02. The number of aldehydes is 1. The molecular formula is C26H29F3N2O4. The average Bonchev–Trinajstić information content (AvgIpc) is 2.85. The van der Waals surface area contributed by atoms with Gasteiger partial charge in [0.15, 0.2) is 0 Å². The van der Waals surface area contributed by atoms with Gasteiger partial charge in [-0.1, -0.05) is 25.0 Å². The van der Waals surface area contributed by atoms with E-state index in [9.17, 15) is 23.1 Å². The Morgan fingerprint density at radius 3 is 2.66 bits per heavy atom. The zero-order valence-corrected chi connectivity index (χ0v) is 19.5. The highest BCUT2D eigenvalue weighted by molar-refractivity contribution is 5.96. The van der Waals surface area contributed by atoms with Gasteiger partial charge >= 0.3 is 12.1 Å². The van der Waals surface area contributed by atoms with Crippen molar-refractivity contribution < 1.29 is 32.6 Å². The molecule has 6 nitrogen and oxygen atoms in total. The van der Waals surface area contributed by atoms with Gasteiger partial charge in [-0.05, 0) is 73.5 Å². The smallest absolute Gasteiger partial charge is 0.446 e. The Morgan fingerprint density at radius 1 is 1.20 bits per heavy atom. The molecule has 3 atom stereocenters. The molecule has 5 rings (SSSR count). The molecule has 1 saturated carbocycles. The zero-order chi connectivity index (χ0) is 25.2. The first-order valence-electron chi connectivity index (χ1n) is 11.8. The van der Waals surface area contributed by atoms with Crippen LogP contribution in [-0.4, -0.2) is 43.2 Å². The summed E-state index contributed by atoms with van der Waals surface area (Å²) in [6.07, 6.45) is 1.54. The number of hydrogen-bond acceptors (Lipinski definition) is 6. The first kappa shape index (κ1) is 25.0. The van der Waals surface area contributed by atoms with Gasteiger partial charge < -0.3 is 20.5 Å². The van der Waals surface area contributed by atoms with Crippen LogP contribution in [0.25, 0.3) is 0 Å². The van der Waals surface area contributed by atoms with E-state index in [2.05, 4.69) is 16.7 Å². The van der Waals surface area contributed by atoms with E-state index in [0.29, 0.717) is 28.9 Å². The summed E-state index contributed by atoms with van der Waals surface area (Å²) in [6.45, 7) is 1.06. The molecule has 1 saturated heterocycles. The Labute approximate surface area is 201 Å². The molecule has 0 unspecified atom stereocenters. The maximum Gasteiger partial charge on any atom is 0.446 e. The second-order valence-electron chi connectivity index (χ2n) is 9.37. The number of halogens is 3. The van der Waals surface area contributed by atoms with E-state index >= 15 is 0 Å². The molecule has 1 heterocycles. The Bertz CT molecular complexity index is 1100. The number of piperidine rings is 1. The van der Waals surface area contributed by atoms with Crippen molar-refractivity contribution in [1.29, 1.82) is 0 Å². The van der Waals surface area contributed by atoms with Crippen LogP contribution in [0.4, 0.5) is 24.5 Å². The fraction of sp³-hybridized carbons (Fsp3) is 0.462. The van der Waals surface area contributed by atoms with Crippen LogP contribution in [0.1, 0.15) is 53.6 Å². The molecule has 1 aliphatic heterocycles. The molecule has 3 N–H and O–H groups in total. The third-order valence-corrected chi connectivity index (χ3v) is 7.49. The molecule has 3 aliphatic rings. The molecule has 2 aromatic carbocycles. The molecule has 2 aromatic rings. The number of benzene rings is 2. The molecule has 2 fully saturated rings. The molecule has 35 heavy (non-hydrogen) atoms. The largest absolute Gasteiger partial charge is 0.506 e. The number of methoxy groups -OCH3 is 1. The Morgan fingerprint density at radius 2 is 1.94 bits per heavy atom. The first-order valence-corrected chi connectivity index (χ1v) is 11.8. The van der Waals surface area contributed by atoms with Crippen molar-refractivity contribution in [1.82, 2.24) is 5.32 Å². The number of alkyl halides is 3. The second kappa shape index (κ2) is 9.89. The number of anilines is 2. The minimum atomic E-state index is -4.64. The highest BCUT2D eigenvalue weighted by atomic mass is 19.4. The van der Waals surface area contributed by atoms with E-state index < -0.39 is 18.4 Å². The summed E-state index contributed by atoms with van der Waals surface area (Å²) >= 11 is 0. The summed E-state index contributed by atoms with van der Waals surface area (Å²) in [5.74, 6) is 0.531. The third-order valence-electron chi connectivity index (χ3n) is 7.49. The van der Waals surface area contributed by atoms with Crippen molar-refractivity contribution >= 4 is 23.6 Å². The molecule has 0 amide bonds. The number of esters is 1. The van der Waals surface area contributed by atoms with Gasteiger partial charge in [-0.3, -0.25) is 4.79 Å². The molecule has 0 radical (unpaired) electrons. The monoisotopic (exact) mass is 490 g/mol. The third kappa shape index (κ3) is 5.00. The summed E-state index contributed by atoms with van der Waals surface area (Å²) < 4.78 is 36.1. The summed E-state index contributed by atoms with van der Waals surface area (Å²) in [5, 5.41) is 17.9. The predicted molar refractivity (Wildman–Crippen MR) is 125 cm³/mol. The Kier molecular flexibility index (Phi) is 7.07. The van der Waals surface area contributed by atoms with Crippen LogP contribution >= 0.6 is 0 Å². The van der Waals surface area contributed by atoms with Gasteiger partial charge in [-0.2, -0.15) is 13.2 Å². The van der Waals surface area contributed by atoms with Crippen molar-refractivity contribution in [3.8, 4) is 5.75 Å². The van der Waals surface area contributed by atoms with Crippen LogP contribution in [0.2, 0.25) is 0 Å². The minimum Gasteiger partial charge on any atom is -0.506 e. The average molecular weight is 491 g/mol. The quantitative estimate of drug-likeness (QED) is 0.318. The molecule has 2 bridgehead atoms. The van der Waals surface area contributed by atoms with E-state index in [4.69, 9.17) is 9.53 Å². The number of hydrogen-bond donors (Lipinski definition) is 3. The maximum absolute atomic E-state index is 12.1. The number of nitrogens with one attached hydrogen (secondary N) is 2. The van der Waals surface area contributed by atoms with Crippen LogP contribution in [-0.2, 0) is 21.4 Å². The van der Waals surface area contributed by atoms with Crippen molar-refractivity contribution in [2.45, 2.75) is 56.2 Å². The number of rotatable bonds is 3. The standard InChI is InChI=1S/C24H28N2O3.C2HF3O/c1-29-23(28)16-6-2-3-8-19(16)26-21-13-15-12-20-17-7-4-5-9-24(17,10-11-25-20)18(15)14-22(21)27;3-2(4,5)1-6/h2-3,6,8,13-14,17,20,25-27H,4-5,7,9-12H2,1H3;1H/t17-,20+,24+;/m1./s1. The second-order valence-corrected chi connectivity index (χ2v) is 9.37. The van der Waals surface area contributed by atoms with E-state index in [-0.39, 0.29) is 11.2 Å².